The molecule has 128 valence electrons. The Morgan fingerprint density at radius 2 is 1.84 bits per heavy atom. The molecule has 0 atom stereocenters. The highest BCUT2D eigenvalue weighted by molar-refractivity contribution is 6.03. The first-order valence-corrected chi connectivity index (χ1v) is 8.10. The highest BCUT2D eigenvalue weighted by Gasteiger charge is 2.13. The number of rotatable bonds is 6. The number of ether oxygens (including phenoxy) is 1. The van der Waals surface area contributed by atoms with E-state index < -0.39 is 0 Å². The fourth-order valence-electron chi connectivity index (χ4n) is 2.70. The van der Waals surface area contributed by atoms with Crippen LogP contribution in [-0.4, -0.2) is 26.2 Å². The van der Waals surface area contributed by atoms with Crippen molar-refractivity contribution in [3.63, 3.8) is 0 Å². The van der Waals surface area contributed by atoms with E-state index in [2.05, 4.69) is 22.8 Å². The maximum Gasteiger partial charge on any atom is 0.253 e. The van der Waals surface area contributed by atoms with Gasteiger partial charge in [-0.05, 0) is 29.7 Å². The highest BCUT2D eigenvalue weighted by Crippen LogP contribution is 2.28. The monoisotopic (exact) mass is 335 g/mol. The maximum absolute atomic E-state index is 12.5. The second kappa shape index (κ2) is 7.68. The molecule has 1 amide bonds. The van der Waals surface area contributed by atoms with Crippen LogP contribution < -0.4 is 16.4 Å². The van der Waals surface area contributed by atoms with Gasteiger partial charge in [-0.1, -0.05) is 36.4 Å². The van der Waals surface area contributed by atoms with Gasteiger partial charge in [0, 0.05) is 30.4 Å². The number of amides is 1. The van der Waals surface area contributed by atoms with E-state index in [1.54, 1.807) is 19.2 Å². The van der Waals surface area contributed by atoms with Gasteiger partial charge in [-0.25, -0.2) is 0 Å². The second-order valence-electron chi connectivity index (χ2n) is 5.71. The van der Waals surface area contributed by atoms with Crippen LogP contribution in [0.15, 0.2) is 60.7 Å². The molecule has 0 aromatic heterocycles. The summed E-state index contributed by atoms with van der Waals surface area (Å²) in [5.41, 5.74) is 8.56. The van der Waals surface area contributed by atoms with Crippen molar-refractivity contribution in [2.24, 2.45) is 0 Å². The van der Waals surface area contributed by atoms with Crippen LogP contribution in [0.5, 0.6) is 0 Å². The van der Waals surface area contributed by atoms with Crippen molar-refractivity contribution >= 4 is 33.7 Å². The first-order chi connectivity index (χ1) is 12.2. The summed E-state index contributed by atoms with van der Waals surface area (Å²) in [7, 11) is 1.60. The zero-order chi connectivity index (χ0) is 17.6. The Balaban J connectivity index is 1.93. The Bertz CT molecular complexity index is 888. The van der Waals surface area contributed by atoms with Gasteiger partial charge >= 0.3 is 0 Å². The number of benzene rings is 3. The van der Waals surface area contributed by atoms with Gasteiger partial charge in [0.05, 0.1) is 17.9 Å². The zero-order valence-corrected chi connectivity index (χ0v) is 14.1. The summed E-state index contributed by atoms with van der Waals surface area (Å²) in [4.78, 5) is 12.5. The average Bonchev–Trinajstić information content (AvgIpc) is 2.63. The lowest BCUT2D eigenvalue weighted by Crippen LogP contribution is -2.27. The molecule has 3 aromatic carbocycles. The number of methoxy groups -OCH3 is 1. The van der Waals surface area contributed by atoms with E-state index in [-0.39, 0.29) is 5.91 Å². The molecule has 0 aliphatic heterocycles. The highest BCUT2D eigenvalue weighted by atomic mass is 16.5. The quantitative estimate of drug-likeness (QED) is 0.476. The number of anilines is 3. The van der Waals surface area contributed by atoms with Crippen LogP contribution in [-0.2, 0) is 4.74 Å². The number of fused-ring (bicyclic) bond motifs is 1. The summed E-state index contributed by atoms with van der Waals surface area (Å²) in [6.07, 6.45) is 0. The molecule has 5 nitrogen and oxygen atoms in total. The first-order valence-electron chi connectivity index (χ1n) is 8.10. The maximum atomic E-state index is 12.5. The number of hydrogen-bond acceptors (Lipinski definition) is 4. The molecule has 0 aliphatic rings. The molecule has 0 fully saturated rings. The minimum atomic E-state index is -0.188. The molecular formula is C20H21N3O2. The lowest BCUT2D eigenvalue weighted by molar-refractivity contribution is 0.0938. The van der Waals surface area contributed by atoms with Gasteiger partial charge in [0.2, 0.25) is 0 Å². The third-order valence-corrected chi connectivity index (χ3v) is 3.94. The fraction of sp³-hybridized carbons (Fsp3) is 0.150. The smallest absolute Gasteiger partial charge is 0.253 e. The predicted molar refractivity (Wildman–Crippen MR) is 102 cm³/mol. The van der Waals surface area contributed by atoms with Crippen molar-refractivity contribution in [3.05, 3.63) is 66.2 Å². The van der Waals surface area contributed by atoms with Crippen molar-refractivity contribution in [1.29, 1.82) is 0 Å². The normalized spacial score (nSPS) is 10.6. The molecule has 3 rings (SSSR count). The van der Waals surface area contributed by atoms with Gasteiger partial charge in [0.1, 0.15) is 0 Å². The van der Waals surface area contributed by atoms with Crippen LogP contribution in [0.3, 0.4) is 0 Å². The molecule has 0 spiro atoms. The lowest BCUT2D eigenvalue weighted by Gasteiger charge is -2.14. The number of nitrogen functional groups attached to an aromatic ring is 1. The second-order valence-corrected chi connectivity index (χ2v) is 5.71. The molecule has 0 unspecified atom stereocenters. The van der Waals surface area contributed by atoms with Crippen molar-refractivity contribution < 1.29 is 9.53 Å². The van der Waals surface area contributed by atoms with Crippen LogP contribution in [0.2, 0.25) is 0 Å². The predicted octanol–water partition coefficient (Wildman–Crippen LogP) is 3.54. The van der Waals surface area contributed by atoms with Gasteiger partial charge in [-0.2, -0.15) is 0 Å². The summed E-state index contributed by atoms with van der Waals surface area (Å²) in [5, 5.41) is 8.42. The number of nitrogens with two attached hydrogens (primary N) is 1. The molecule has 0 heterocycles. The standard InChI is InChI=1S/C20H21N3O2/c1-25-12-11-22-20(24)17-13-15(21)9-10-19(17)23-18-8-4-6-14-5-2-3-7-16(14)18/h2-10,13,23H,11-12,21H2,1H3,(H,22,24). The van der Waals surface area contributed by atoms with Gasteiger partial charge in [-0.15, -0.1) is 0 Å². The van der Waals surface area contributed by atoms with E-state index >= 15 is 0 Å². The summed E-state index contributed by atoms with van der Waals surface area (Å²) >= 11 is 0. The Labute approximate surface area is 146 Å². The van der Waals surface area contributed by atoms with Crippen LogP contribution in [0.1, 0.15) is 10.4 Å². The van der Waals surface area contributed by atoms with Crippen LogP contribution >= 0.6 is 0 Å². The number of nitrogens with one attached hydrogen (secondary N) is 2. The van der Waals surface area contributed by atoms with E-state index in [4.69, 9.17) is 10.5 Å². The van der Waals surface area contributed by atoms with Crippen molar-refractivity contribution in [1.82, 2.24) is 5.32 Å². The molecule has 3 aromatic rings. The summed E-state index contributed by atoms with van der Waals surface area (Å²) in [5.74, 6) is -0.188. The average molecular weight is 335 g/mol. The molecule has 4 N–H and O–H groups in total. The van der Waals surface area contributed by atoms with E-state index in [9.17, 15) is 4.79 Å². The molecule has 0 saturated heterocycles. The van der Waals surface area contributed by atoms with Crippen molar-refractivity contribution in [2.45, 2.75) is 0 Å². The van der Waals surface area contributed by atoms with Gasteiger partial charge in [0.15, 0.2) is 0 Å². The Kier molecular flexibility index (Phi) is 5.16. The number of carbonyl (C=O) groups excluding carboxylic acids is 1. The van der Waals surface area contributed by atoms with Crippen LogP contribution in [0.25, 0.3) is 10.8 Å². The Morgan fingerprint density at radius 3 is 2.68 bits per heavy atom. The molecule has 0 saturated carbocycles. The molecule has 5 heteroatoms. The SMILES string of the molecule is COCCNC(=O)c1cc(N)ccc1Nc1cccc2ccccc12. The molecular weight excluding hydrogens is 314 g/mol. The lowest BCUT2D eigenvalue weighted by atomic mass is 10.1. The third kappa shape index (κ3) is 3.89. The summed E-state index contributed by atoms with van der Waals surface area (Å²) in [6, 6.07) is 19.4. The van der Waals surface area contributed by atoms with E-state index in [1.807, 2.05) is 36.4 Å². The zero-order valence-electron chi connectivity index (χ0n) is 14.1. The Hall–Kier alpha value is -3.05. The van der Waals surface area contributed by atoms with Gasteiger partial charge in [0.25, 0.3) is 5.91 Å². The molecule has 0 radical (unpaired) electrons. The largest absolute Gasteiger partial charge is 0.399 e. The fourth-order valence-corrected chi connectivity index (χ4v) is 2.70. The molecule has 0 bridgehead atoms. The Morgan fingerprint density at radius 1 is 1.04 bits per heavy atom. The van der Waals surface area contributed by atoms with E-state index in [1.165, 1.54) is 0 Å². The topological polar surface area (TPSA) is 76.4 Å². The minimum absolute atomic E-state index is 0.188. The third-order valence-electron chi connectivity index (χ3n) is 3.94. The van der Waals surface area contributed by atoms with Gasteiger partial charge in [-0.3, -0.25) is 4.79 Å². The number of hydrogen-bond donors (Lipinski definition) is 3. The van der Waals surface area contributed by atoms with E-state index in [0.717, 1.165) is 16.5 Å². The summed E-state index contributed by atoms with van der Waals surface area (Å²) < 4.78 is 4.97. The molecule has 25 heavy (non-hydrogen) atoms. The van der Waals surface area contributed by atoms with Crippen molar-refractivity contribution in [2.75, 3.05) is 31.3 Å². The van der Waals surface area contributed by atoms with Crippen LogP contribution in [0, 0.1) is 0 Å². The number of carbonyl (C=O) groups is 1. The summed E-state index contributed by atoms with van der Waals surface area (Å²) in [6.45, 7) is 0.901. The van der Waals surface area contributed by atoms with Crippen LogP contribution in [0.4, 0.5) is 17.1 Å². The first kappa shape index (κ1) is 16.8. The van der Waals surface area contributed by atoms with Gasteiger partial charge < -0.3 is 21.1 Å². The minimum Gasteiger partial charge on any atom is -0.399 e. The van der Waals surface area contributed by atoms with E-state index in [0.29, 0.717) is 30.1 Å². The molecule has 0 aliphatic carbocycles. The van der Waals surface area contributed by atoms with Crippen molar-refractivity contribution in [3.8, 4) is 0 Å².